The topological polar surface area (TPSA) is 110 Å². The Labute approximate surface area is 244 Å². The smallest absolute Gasteiger partial charge is 0.344 e. The molecule has 0 spiro atoms. The predicted molar refractivity (Wildman–Crippen MR) is 156 cm³/mol. The van der Waals surface area contributed by atoms with Gasteiger partial charge in [0.1, 0.15) is 17.2 Å². The molecule has 1 saturated carbocycles. The molecule has 1 fully saturated rings. The lowest BCUT2D eigenvalue weighted by Crippen LogP contribution is -2.35. The molecule has 0 radical (unpaired) electrons. The van der Waals surface area contributed by atoms with Crippen molar-refractivity contribution >= 4 is 23.7 Å². The van der Waals surface area contributed by atoms with Gasteiger partial charge in [-0.25, -0.2) is 9.80 Å². The number of methoxy groups -OCH3 is 2. The van der Waals surface area contributed by atoms with Crippen molar-refractivity contribution in [3.8, 4) is 23.3 Å². The van der Waals surface area contributed by atoms with Crippen LogP contribution in [0.1, 0.15) is 42.0 Å². The maximum absolute atomic E-state index is 13.5. The molecule has 42 heavy (non-hydrogen) atoms. The van der Waals surface area contributed by atoms with Crippen molar-refractivity contribution in [2.24, 2.45) is 11.0 Å². The predicted octanol–water partition coefficient (Wildman–Crippen LogP) is 5.32. The third kappa shape index (κ3) is 6.44. The summed E-state index contributed by atoms with van der Waals surface area (Å²) in [6, 6.07) is 23.5. The molecule has 214 valence electrons. The van der Waals surface area contributed by atoms with Crippen LogP contribution in [-0.4, -0.2) is 50.0 Å². The van der Waals surface area contributed by atoms with Gasteiger partial charge in [0.05, 0.1) is 37.6 Å². The van der Waals surface area contributed by atoms with E-state index in [1.165, 1.54) is 5.01 Å². The molecule has 1 amide bonds. The van der Waals surface area contributed by atoms with E-state index in [1.54, 1.807) is 38.5 Å². The Morgan fingerprint density at radius 2 is 1.57 bits per heavy atom. The Bertz CT molecular complexity index is 1520. The molecule has 9 nitrogen and oxygen atoms in total. The second kappa shape index (κ2) is 13.0. The summed E-state index contributed by atoms with van der Waals surface area (Å²) < 4.78 is 21.3. The number of carbonyl (C=O) groups is 2. The van der Waals surface area contributed by atoms with Gasteiger partial charge in [0.25, 0.3) is 5.91 Å². The number of rotatable bonds is 9. The fourth-order valence-corrected chi connectivity index (χ4v) is 5.26. The number of fused-ring (bicyclic) bond motifs is 1. The van der Waals surface area contributed by atoms with E-state index in [1.807, 2.05) is 54.6 Å². The highest BCUT2D eigenvalue weighted by atomic mass is 16.6. The average molecular weight is 566 g/mol. The Balaban J connectivity index is 1.33. The number of allylic oxidation sites excluding steroid dienone is 1. The molecule has 0 aromatic heterocycles. The van der Waals surface area contributed by atoms with Gasteiger partial charge >= 0.3 is 5.97 Å². The van der Waals surface area contributed by atoms with Crippen LogP contribution in [0, 0.1) is 17.2 Å². The maximum atomic E-state index is 13.5. The summed E-state index contributed by atoms with van der Waals surface area (Å²) in [7, 11) is 3.25. The van der Waals surface area contributed by atoms with Crippen LogP contribution in [0.3, 0.4) is 0 Å². The summed E-state index contributed by atoms with van der Waals surface area (Å²) in [5, 5.41) is 15.2. The van der Waals surface area contributed by atoms with Crippen LogP contribution >= 0.6 is 0 Å². The average Bonchev–Trinajstić information content (AvgIpc) is 3.44. The molecule has 2 unspecified atom stereocenters. The molecule has 2 aliphatic rings. The van der Waals surface area contributed by atoms with Crippen LogP contribution in [0.2, 0.25) is 0 Å². The van der Waals surface area contributed by atoms with Crippen LogP contribution in [0.5, 0.6) is 17.2 Å². The summed E-state index contributed by atoms with van der Waals surface area (Å²) in [6.45, 7) is -0.837. The molecule has 0 N–H and O–H groups in total. The Hall–Kier alpha value is -5.10. The molecule has 3 aromatic rings. The maximum Gasteiger partial charge on any atom is 0.344 e. The van der Waals surface area contributed by atoms with Crippen molar-refractivity contribution in [2.75, 3.05) is 27.4 Å². The zero-order chi connectivity index (χ0) is 29.5. The molecule has 0 saturated heterocycles. The molecule has 1 aliphatic carbocycles. The van der Waals surface area contributed by atoms with Crippen molar-refractivity contribution < 1.29 is 28.5 Å². The van der Waals surface area contributed by atoms with Crippen molar-refractivity contribution in [3.05, 3.63) is 95.1 Å². The minimum absolute atomic E-state index is 0.00369. The highest BCUT2D eigenvalue weighted by Crippen LogP contribution is 2.44. The Morgan fingerprint density at radius 3 is 2.21 bits per heavy atom. The van der Waals surface area contributed by atoms with Gasteiger partial charge in [-0.3, -0.25) is 4.79 Å². The SMILES string of the molecule is COc1ccc(C=C2CCCC3C2=NN(C(=O)COC(=O)COc2ccc(C#N)cc2)C3c2ccc(OC)cc2)cc1. The van der Waals surface area contributed by atoms with E-state index in [0.717, 1.165) is 53.2 Å². The molecule has 1 heterocycles. The van der Waals surface area contributed by atoms with Crippen molar-refractivity contribution in [2.45, 2.75) is 25.3 Å². The van der Waals surface area contributed by atoms with Gasteiger partial charge in [0.2, 0.25) is 0 Å². The molecule has 9 heteroatoms. The fourth-order valence-electron chi connectivity index (χ4n) is 5.26. The number of nitriles is 1. The first-order valence-corrected chi connectivity index (χ1v) is 13.7. The van der Waals surface area contributed by atoms with E-state index in [2.05, 4.69) is 6.08 Å². The number of hydrogen-bond donors (Lipinski definition) is 0. The highest BCUT2D eigenvalue weighted by Gasteiger charge is 2.43. The summed E-state index contributed by atoms with van der Waals surface area (Å²) in [4.78, 5) is 25.9. The van der Waals surface area contributed by atoms with Crippen LogP contribution in [-0.2, 0) is 14.3 Å². The van der Waals surface area contributed by atoms with Crippen LogP contribution in [0.15, 0.2) is 83.5 Å². The van der Waals surface area contributed by atoms with E-state index < -0.39 is 18.5 Å². The highest BCUT2D eigenvalue weighted by molar-refractivity contribution is 6.08. The zero-order valence-corrected chi connectivity index (χ0v) is 23.5. The largest absolute Gasteiger partial charge is 0.497 e. The first kappa shape index (κ1) is 28.4. The number of carbonyl (C=O) groups excluding carboxylic acids is 2. The summed E-state index contributed by atoms with van der Waals surface area (Å²) >= 11 is 0. The quantitative estimate of drug-likeness (QED) is 0.323. The third-order valence-electron chi connectivity index (χ3n) is 7.37. The first-order chi connectivity index (χ1) is 20.5. The third-order valence-corrected chi connectivity index (χ3v) is 7.37. The van der Waals surface area contributed by atoms with Crippen LogP contribution in [0.4, 0.5) is 0 Å². The van der Waals surface area contributed by atoms with Crippen molar-refractivity contribution in [3.63, 3.8) is 0 Å². The number of ether oxygens (including phenoxy) is 4. The standard InChI is InChI=1S/C33H31N3O6/c1-39-26-12-6-22(7-13-26)18-25-4-3-5-29-32(25)35-36(33(29)24-10-16-27(40-2)17-11-24)30(37)20-42-31(38)21-41-28-14-8-23(19-34)9-15-28/h6-18,29,33H,3-5,20-21H2,1-2H3. The van der Waals surface area contributed by atoms with Crippen LogP contribution < -0.4 is 14.2 Å². The van der Waals surface area contributed by atoms with Gasteiger partial charge in [0.15, 0.2) is 13.2 Å². The summed E-state index contributed by atoms with van der Waals surface area (Å²) in [5.41, 5.74) is 4.39. The summed E-state index contributed by atoms with van der Waals surface area (Å²) in [5.74, 6) is 0.811. The monoisotopic (exact) mass is 565 g/mol. The Morgan fingerprint density at radius 1 is 0.929 bits per heavy atom. The number of benzene rings is 3. The Kier molecular flexibility index (Phi) is 8.83. The second-order valence-corrected chi connectivity index (χ2v) is 9.97. The van der Waals surface area contributed by atoms with E-state index in [4.69, 9.17) is 29.3 Å². The molecule has 3 aromatic carbocycles. The van der Waals surface area contributed by atoms with Gasteiger partial charge in [0, 0.05) is 5.92 Å². The first-order valence-electron chi connectivity index (χ1n) is 13.7. The van der Waals surface area contributed by atoms with Gasteiger partial charge in [-0.1, -0.05) is 24.3 Å². The normalized spacial score (nSPS) is 18.5. The number of esters is 1. The molecular formula is C33H31N3O6. The molecule has 1 aliphatic heterocycles. The summed E-state index contributed by atoms with van der Waals surface area (Å²) in [6.07, 6.45) is 4.80. The minimum Gasteiger partial charge on any atom is -0.497 e. The molecular weight excluding hydrogens is 534 g/mol. The zero-order valence-electron chi connectivity index (χ0n) is 23.5. The van der Waals surface area contributed by atoms with Gasteiger partial charge in [-0.05, 0) is 90.6 Å². The minimum atomic E-state index is -0.682. The number of hydrogen-bond acceptors (Lipinski definition) is 8. The van der Waals surface area contributed by atoms with Crippen LogP contribution in [0.25, 0.3) is 6.08 Å². The molecule has 0 bridgehead atoms. The second-order valence-electron chi connectivity index (χ2n) is 9.97. The van der Waals surface area contributed by atoms with E-state index in [9.17, 15) is 9.59 Å². The molecule has 5 rings (SSSR count). The van der Waals surface area contributed by atoms with E-state index >= 15 is 0 Å². The van der Waals surface area contributed by atoms with Crippen molar-refractivity contribution in [1.82, 2.24) is 5.01 Å². The van der Waals surface area contributed by atoms with E-state index in [0.29, 0.717) is 11.3 Å². The van der Waals surface area contributed by atoms with E-state index in [-0.39, 0.29) is 18.6 Å². The van der Waals surface area contributed by atoms with Gasteiger partial charge in [-0.15, -0.1) is 0 Å². The van der Waals surface area contributed by atoms with Crippen molar-refractivity contribution in [1.29, 1.82) is 5.26 Å². The number of nitrogens with zero attached hydrogens (tertiary/aromatic N) is 3. The number of hydrazone groups is 1. The lowest BCUT2D eigenvalue weighted by molar-refractivity contribution is -0.154. The van der Waals surface area contributed by atoms with Gasteiger partial charge < -0.3 is 18.9 Å². The lowest BCUT2D eigenvalue weighted by atomic mass is 9.77. The molecule has 2 atom stereocenters. The van der Waals surface area contributed by atoms with Gasteiger partial charge in [-0.2, -0.15) is 10.4 Å². The number of amides is 1. The lowest BCUT2D eigenvalue weighted by Gasteiger charge is -2.29. The fraction of sp³-hybridized carbons (Fsp3) is 0.273.